The number of para-hydroxylation sites is 2. The monoisotopic (exact) mass is 513 g/mol. The number of thiophene rings is 1. The molecule has 1 aliphatic rings. The Hall–Kier alpha value is -3.98. The van der Waals surface area contributed by atoms with Gasteiger partial charge in [0.1, 0.15) is 17.2 Å². The number of rotatable bonds is 6. The molecule has 8 nitrogen and oxygen atoms in total. The van der Waals surface area contributed by atoms with Crippen molar-refractivity contribution in [3.8, 4) is 0 Å². The van der Waals surface area contributed by atoms with Crippen LogP contribution >= 0.6 is 11.3 Å². The van der Waals surface area contributed by atoms with Crippen LogP contribution in [0.15, 0.2) is 54.7 Å². The Bertz CT molecular complexity index is 1590. The first-order valence-electron chi connectivity index (χ1n) is 12.4. The van der Waals surface area contributed by atoms with Crippen LogP contribution in [0.3, 0.4) is 0 Å². The van der Waals surface area contributed by atoms with Gasteiger partial charge in [-0.3, -0.25) is 4.79 Å². The van der Waals surface area contributed by atoms with Gasteiger partial charge in [0.05, 0.1) is 25.4 Å². The largest absolute Gasteiger partial charge is 0.465 e. The Morgan fingerprint density at radius 3 is 2.51 bits per heavy atom. The van der Waals surface area contributed by atoms with Crippen molar-refractivity contribution in [3.05, 3.63) is 76.4 Å². The van der Waals surface area contributed by atoms with Gasteiger partial charge in [0.15, 0.2) is 0 Å². The minimum atomic E-state index is -0.406. The molecule has 1 aliphatic carbocycles. The van der Waals surface area contributed by atoms with Crippen LogP contribution in [0.2, 0.25) is 0 Å². The van der Waals surface area contributed by atoms with Gasteiger partial charge in [0.25, 0.3) is 0 Å². The summed E-state index contributed by atoms with van der Waals surface area (Å²) >= 11 is 1.48. The molecule has 0 aliphatic heterocycles. The molecule has 0 radical (unpaired) electrons. The van der Waals surface area contributed by atoms with E-state index in [0.717, 1.165) is 46.4 Å². The molecule has 1 amide bonds. The maximum absolute atomic E-state index is 12.9. The van der Waals surface area contributed by atoms with E-state index in [0.29, 0.717) is 23.0 Å². The second kappa shape index (κ2) is 9.48. The molecule has 0 saturated carbocycles. The average molecular weight is 514 g/mol. The fourth-order valence-corrected chi connectivity index (χ4v) is 6.71. The first-order valence-corrected chi connectivity index (χ1v) is 13.2. The molecule has 37 heavy (non-hydrogen) atoms. The highest BCUT2D eigenvalue weighted by Crippen LogP contribution is 2.40. The molecular weight excluding hydrogens is 486 g/mol. The highest BCUT2D eigenvalue weighted by atomic mass is 32.1. The first-order chi connectivity index (χ1) is 18.0. The summed E-state index contributed by atoms with van der Waals surface area (Å²) in [6.45, 7) is 2.75. The zero-order valence-corrected chi connectivity index (χ0v) is 21.5. The summed E-state index contributed by atoms with van der Waals surface area (Å²) in [5.74, 6) is -0.106. The average Bonchev–Trinajstić information content (AvgIpc) is 3.58. The van der Waals surface area contributed by atoms with Gasteiger partial charge in [-0.25, -0.2) is 9.48 Å². The van der Waals surface area contributed by atoms with E-state index in [-0.39, 0.29) is 12.5 Å². The van der Waals surface area contributed by atoms with Gasteiger partial charge in [0.2, 0.25) is 5.91 Å². The summed E-state index contributed by atoms with van der Waals surface area (Å²) in [6.07, 6.45) is 4.55. The zero-order valence-electron chi connectivity index (χ0n) is 20.7. The number of nitrogens with one attached hydrogen (secondary N) is 1. The Morgan fingerprint density at radius 2 is 1.81 bits per heavy atom. The lowest BCUT2D eigenvalue weighted by molar-refractivity contribution is -0.116. The second-order valence-electron chi connectivity index (χ2n) is 9.62. The maximum Gasteiger partial charge on any atom is 0.341 e. The normalized spacial score (nSPS) is 15.1. The number of aromatic nitrogens is 4. The van der Waals surface area contributed by atoms with E-state index in [1.54, 1.807) is 6.20 Å². The fraction of sp³-hybridized carbons (Fsp3) is 0.286. The molecule has 1 unspecified atom stereocenters. The summed E-state index contributed by atoms with van der Waals surface area (Å²) in [4.78, 5) is 26.6. The molecule has 0 spiro atoms. The third kappa shape index (κ3) is 4.29. The van der Waals surface area contributed by atoms with Gasteiger partial charge in [0, 0.05) is 26.7 Å². The lowest BCUT2D eigenvalue weighted by atomic mass is 9.88. The predicted octanol–water partition coefficient (Wildman–Crippen LogP) is 5.05. The standard InChI is InChI=1S/C28H27N5O3S/c1-17-11-12-21-24(13-17)37-27(26(21)28(35)36-2)29-25(34)16-32-14-18(30-31-32)15-33-22-9-5-3-7-19(22)20-8-4-6-10-23(20)33/h3-10,14,17H,11-13,15-16H2,1-2H3,(H,29,34). The molecule has 0 saturated heterocycles. The summed E-state index contributed by atoms with van der Waals surface area (Å²) in [5, 5.41) is 14.4. The number of benzene rings is 2. The number of amides is 1. The Morgan fingerprint density at radius 1 is 1.11 bits per heavy atom. The molecule has 188 valence electrons. The predicted molar refractivity (Wildman–Crippen MR) is 144 cm³/mol. The molecule has 6 rings (SSSR count). The van der Waals surface area contributed by atoms with Crippen molar-refractivity contribution in [1.29, 1.82) is 0 Å². The van der Waals surface area contributed by atoms with Gasteiger partial charge in [-0.1, -0.05) is 48.5 Å². The van der Waals surface area contributed by atoms with Crippen LogP contribution in [0, 0.1) is 5.92 Å². The van der Waals surface area contributed by atoms with Crippen LogP contribution in [0.1, 0.15) is 39.8 Å². The first kappa shape index (κ1) is 23.4. The van der Waals surface area contributed by atoms with Gasteiger partial charge in [-0.05, 0) is 42.9 Å². The van der Waals surface area contributed by atoms with Gasteiger partial charge in [-0.2, -0.15) is 0 Å². The van der Waals surface area contributed by atoms with Crippen molar-refractivity contribution in [1.82, 2.24) is 19.6 Å². The van der Waals surface area contributed by atoms with Crippen molar-refractivity contribution in [2.75, 3.05) is 12.4 Å². The highest BCUT2D eigenvalue weighted by molar-refractivity contribution is 7.17. The zero-order chi connectivity index (χ0) is 25.5. The number of esters is 1. The van der Waals surface area contributed by atoms with E-state index in [2.05, 4.69) is 51.4 Å². The van der Waals surface area contributed by atoms with Crippen LogP contribution in [0.25, 0.3) is 21.8 Å². The lowest BCUT2D eigenvalue weighted by Gasteiger charge is -2.18. The van der Waals surface area contributed by atoms with E-state index in [4.69, 9.17) is 4.74 Å². The Kier molecular flexibility index (Phi) is 6.00. The summed E-state index contributed by atoms with van der Waals surface area (Å²) < 4.78 is 8.78. The maximum atomic E-state index is 12.9. The van der Waals surface area contributed by atoms with E-state index in [1.165, 1.54) is 33.9 Å². The number of ether oxygens (including phenoxy) is 1. The molecule has 1 atom stereocenters. The molecular formula is C28H27N5O3S. The van der Waals surface area contributed by atoms with Crippen molar-refractivity contribution in [2.24, 2.45) is 5.92 Å². The smallest absolute Gasteiger partial charge is 0.341 e. The summed E-state index contributed by atoms with van der Waals surface area (Å²) in [7, 11) is 1.37. The SMILES string of the molecule is COC(=O)c1c(NC(=O)Cn2cc(Cn3c4ccccc4c4ccccc43)nn2)sc2c1CCC(C)C2. The van der Waals surface area contributed by atoms with Crippen LogP contribution in [-0.2, 0) is 35.5 Å². The van der Waals surface area contributed by atoms with Crippen LogP contribution in [0.4, 0.5) is 5.00 Å². The van der Waals surface area contributed by atoms with Crippen LogP contribution in [0.5, 0.6) is 0 Å². The highest BCUT2D eigenvalue weighted by Gasteiger charge is 2.29. The number of hydrogen-bond donors (Lipinski definition) is 1. The van der Waals surface area contributed by atoms with Crippen LogP contribution in [-0.4, -0.2) is 38.5 Å². The number of nitrogens with zero attached hydrogens (tertiary/aromatic N) is 4. The quantitative estimate of drug-likeness (QED) is 0.321. The second-order valence-corrected chi connectivity index (χ2v) is 10.7. The molecule has 9 heteroatoms. The van der Waals surface area contributed by atoms with E-state index < -0.39 is 5.97 Å². The van der Waals surface area contributed by atoms with Gasteiger partial charge >= 0.3 is 5.97 Å². The van der Waals surface area contributed by atoms with E-state index >= 15 is 0 Å². The molecule has 2 aromatic carbocycles. The molecule has 5 aromatic rings. The van der Waals surface area contributed by atoms with Crippen molar-refractivity contribution in [2.45, 2.75) is 39.3 Å². The molecule has 0 fully saturated rings. The molecule has 3 aromatic heterocycles. The third-order valence-corrected chi connectivity index (χ3v) is 8.22. The topological polar surface area (TPSA) is 91.0 Å². The molecule has 1 N–H and O–H groups in total. The Labute approximate surface area is 217 Å². The number of hydrogen-bond acceptors (Lipinski definition) is 6. The Balaban J connectivity index is 1.21. The number of carbonyl (C=O) groups is 2. The van der Waals surface area contributed by atoms with E-state index in [9.17, 15) is 9.59 Å². The number of methoxy groups -OCH3 is 1. The fourth-order valence-electron chi connectivity index (χ4n) is 5.29. The molecule has 3 heterocycles. The van der Waals surface area contributed by atoms with Gasteiger partial charge < -0.3 is 14.6 Å². The summed E-state index contributed by atoms with van der Waals surface area (Å²) in [6, 6.07) is 16.6. The van der Waals surface area contributed by atoms with E-state index in [1.807, 2.05) is 24.3 Å². The lowest BCUT2D eigenvalue weighted by Crippen LogP contribution is -2.20. The van der Waals surface area contributed by atoms with Gasteiger partial charge in [-0.15, -0.1) is 16.4 Å². The number of anilines is 1. The number of carbonyl (C=O) groups excluding carboxylic acids is 2. The van der Waals surface area contributed by atoms with Crippen molar-refractivity contribution in [3.63, 3.8) is 0 Å². The third-order valence-electron chi connectivity index (χ3n) is 7.05. The minimum Gasteiger partial charge on any atom is -0.465 e. The van der Waals surface area contributed by atoms with Crippen LogP contribution < -0.4 is 5.32 Å². The molecule has 0 bridgehead atoms. The van der Waals surface area contributed by atoms with Crippen molar-refractivity contribution < 1.29 is 14.3 Å². The minimum absolute atomic E-state index is 0.000242. The number of fused-ring (bicyclic) bond motifs is 4. The van der Waals surface area contributed by atoms with Crippen molar-refractivity contribution >= 4 is 50.0 Å². The summed E-state index contributed by atoms with van der Waals surface area (Å²) in [5.41, 5.74) is 4.52.